The molecule has 26 heavy (non-hydrogen) atoms. The predicted octanol–water partition coefficient (Wildman–Crippen LogP) is 3.38. The van der Waals surface area contributed by atoms with Gasteiger partial charge in [0.1, 0.15) is 17.3 Å². The molecule has 1 N–H and O–H groups in total. The molecule has 0 aliphatic carbocycles. The smallest absolute Gasteiger partial charge is 0.275 e. The summed E-state index contributed by atoms with van der Waals surface area (Å²) in [6.45, 7) is 0. The lowest BCUT2D eigenvalue weighted by molar-refractivity contribution is 0.102. The van der Waals surface area contributed by atoms with Crippen LogP contribution in [0.25, 0.3) is 0 Å². The van der Waals surface area contributed by atoms with E-state index in [1.807, 2.05) is 6.07 Å². The summed E-state index contributed by atoms with van der Waals surface area (Å²) in [4.78, 5) is 23.8. The van der Waals surface area contributed by atoms with Gasteiger partial charge >= 0.3 is 0 Å². The third-order valence-electron chi connectivity index (χ3n) is 3.42. The molecule has 0 aliphatic rings. The fourth-order valence-corrected chi connectivity index (χ4v) is 2.44. The van der Waals surface area contributed by atoms with Crippen molar-refractivity contribution in [2.75, 3.05) is 5.32 Å². The molecule has 0 aliphatic heterocycles. The molecule has 3 aromatic rings. The number of nitrogens with one attached hydrogen (secondary N) is 1. The molecule has 0 bridgehead atoms. The molecule has 0 atom stereocenters. The number of hydrogen-bond donors (Lipinski definition) is 1. The molecule has 0 saturated carbocycles. The highest BCUT2D eigenvalue weighted by atomic mass is 35.5. The van der Waals surface area contributed by atoms with Crippen LogP contribution in [0.2, 0.25) is 5.28 Å². The first-order valence-corrected chi connectivity index (χ1v) is 7.86. The summed E-state index contributed by atoms with van der Waals surface area (Å²) in [5.74, 6) is -0.580. The van der Waals surface area contributed by atoms with E-state index >= 15 is 0 Å². The van der Waals surface area contributed by atoms with E-state index in [1.165, 1.54) is 24.4 Å². The zero-order chi connectivity index (χ0) is 18.5. The Bertz CT molecular complexity index is 1000. The fraction of sp³-hybridized carbons (Fsp3) is 0.0556. The average Bonchev–Trinajstić information content (AvgIpc) is 2.63. The van der Waals surface area contributed by atoms with Crippen LogP contribution in [0.5, 0.6) is 0 Å². The summed E-state index contributed by atoms with van der Waals surface area (Å²) < 4.78 is 13.5. The maximum absolute atomic E-state index is 13.5. The van der Waals surface area contributed by atoms with Gasteiger partial charge in [0.2, 0.25) is 5.28 Å². The predicted molar refractivity (Wildman–Crippen MR) is 93.2 cm³/mol. The van der Waals surface area contributed by atoms with E-state index in [0.717, 1.165) is 5.56 Å². The molecule has 8 heteroatoms. The monoisotopic (exact) mass is 367 g/mol. The minimum absolute atomic E-state index is 0.0206. The van der Waals surface area contributed by atoms with Gasteiger partial charge in [-0.25, -0.2) is 19.3 Å². The highest BCUT2D eigenvalue weighted by molar-refractivity contribution is 6.28. The molecule has 0 fully saturated rings. The maximum Gasteiger partial charge on any atom is 0.275 e. The van der Waals surface area contributed by atoms with Crippen molar-refractivity contribution in [3.63, 3.8) is 0 Å². The third-order valence-corrected chi connectivity index (χ3v) is 3.60. The fourth-order valence-electron chi connectivity index (χ4n) is 2.30. The first-order valence-electron chi connectivity index (χ1n) is 7.48. The summed E-state index contributed by atoms with van der Waals surface area (Å²) in [5.41, 5.74) is 1.86. The van der Waals surface area contributed by atoms with Crippen LogP contribution in [-0.2, 0) is 6.42 Å². The molecule has 0 unspecified atom stereocenters. The van der Waals surface area contributed by atoms with Crippen LogP contribution in [0.4, 0.5) is 10.2 Å². The first-order chi connectivity index (χ1) is 12.5. The number of anilines is 1. The number of pyridine rings is 1. The molecule has 2 aromatic heterocycles. The lowest BCUT2D eigenvalue weighted by atomic mass is 10.0. The van der Waals surface area contributed by atoms with Crippen LogP contribution in [0.1, 0.15) is 27.2 Å². The van der Waals surface area contributed by atoms with Crippen LogP contribution in [-0.4, -0.2) is 20.9 Å². The zero-order valence-corrected chi connectivity index (χ0v) is 14.0. The van der Waals surface area contributed by atoms with E-state index < -0.39 is 11.7 Å². The van der Waals surface area contributed by atoms with Gasteiger partial charge in [-0.1, -0.05) is 6.07 Å². The van der Waals surface area contributed by atoms with Crippen LogP contribution >= 0.6 is 11.6 Å². The van der Waals surface area contributed by atoms with Gasteiger partial charge < -0.3 is 5.32 Å². The third kappa shape index (κ3) is 4.37. The standard InChI is InChI=1S/C18H11ClFN5O/c19-18-22-4-3-15(24-18)17(26)25-16-2-1-11(10-23-16)5-12-6-13(9-21)8-14(20)7-12/h1-4,6-8,10H,5H2,(H,23,25,26). The molecule has 3 rings (SSSR count). The van der Waals surface area contributed by atoms with Gasteiger partial charge in [0.25, 0.3) is 5.91 Å². The van der Waals surface area contributed by atoms with Crippen molar-refractivity contribution < 1.29 is 9.18 Å². The number of nitriles is 1. The minimum Gasteiger partial charge on any atom is -0.305 e. The maximum atomic E-state index is 13.5. The summed E-state index contributed by atoms with van der Waals surface area (Å²) in [5, 5.41) is 11.5. The van der Waals surface area contributed by atoms with Gasteiger partial charge in [-0.15, -0.1) is 0 Å². The van der Waals surface area contributed by atoms with Crippen molar-refractivity contribution in [3.8, 4) is 6.07 Å². The van der Waals surface area contributed by atoms with Crippen molar-refractivity contribution in [2.45, 2.75) is 6.42 Å². The topological polar surface area (TPSA) is 91.6 Å². The molecule has 2 heterocycles. The van der Waals surface area contributed by atoms with Crippen LogP contribution in [0, 0.1) is 17.1 Å². The zero-order valence-electron chi connectivity index (χ0n) is 13.3. The van der Waals surface area contributed by atoms with E-state index in [9.17, 15) is 9.18 Å². The second-order valence-corrected chi connectivity index (χ2v) is 5.69. The molecule has 0 spiro atoms. The number of hydrogen-bond acceptors (Lipinski definition) is 5. The Morgan fingerprint density at radius 3 is 2.73 bits per heavy atom. The molecule has 0 radical (unpaired) electrons. The van der Waals surface area contributed by atoms with Crippen molar-refractivity contribution in [1.29, 1.82) is 5.26 Å². The Hall–Kier alpha value is -3.37. The van der Waals surface area contributed by atoms with Gasteiger partial charge in [-0.2, -0.15) is 5.26 Å². The Kier molecular flexibility index (Phi) is 5.15. The first kappa shape index (κ1) is 17.5. The molecular weight excluding hydrogens is 357 g/mol. The molecule has 1 aromatic carbocycles. The van der Waals surface area contributed by atoms with Gasteiger partial charge in [-0.05, 0) is 59.5 Å². The van der Waals surface area contributed by atoms with Gasteiger partial charge in [-0.3, -0.25) is 4.79 Å². The highest BCUT2D eigenvalue weighted by Gasteiger charge is 2.09. The Morgan fingerprint density at radius 2 is 2.04 bits per heavy atom. The largest absolute Gasteiger partial charge is 0.305 e. The normalized spacial score (nSPS) is 10.2. The summed E-state index contributed by atoms with van der Waals surface area (Å²) >= 11 is 5.66. The summed E-state index contributed by atoms with van der Waals surface area (Å²) in [6, 6.07) is 10.9. The number of amides is 1. The van der Waals surface area contributed by atoms with Gasteiger partial charge in [0, 0.05) is 12.4 Å². The van der Waals surface area contributed by atoms with Gasteiger partial charge in [0.15, 0.2) is 0 Å². The minimum atomic E-state index is -0.460. The number of nitrogens with zero attached hydrogens (tertiary/aromatic N) is 4. The van der Waals surface area contributed by atoms with Crippen molar-refractivity contribution in [3.05, 3.63) is 82.3 Å². The number of rotatable bonds is 4. The Labute approximate surface area is 153 Å². The molecule has 0 saturated heterocycles. The summed E-state index contributed by atoms with van der Waals surface area (Å²) in [6.07, 6.45) is 3.37. The number of carbonyl (C=O) groups excluding carboxylic acids is 1. The number of aromatic nitrogens is 3. The van der Waals surface area contributed by atoms with E-state index in [4.69, 9.17) is 16.9 Å². The number of carbonyl (C=O) groups is 1. The van der Waals surface area contributed by atoms with Crippen molar-refractivity contribution >= 4 is 23.3 Å². The summed E-state index contributed by atoms with van der Waals surface area (Å²) in [7, 11) is 0. The van der Waals surface area contributed by atoms with Gasteiger partial charge in [0.05, 0.1) is 11.6 Å². The second kappa shape index (κ2) is 7.68. The van der Waals surface area contributed by atoms with Crippen molar-refractivity contribution in [2.24, 2.45) is 0 Å². The average molecular weight is 368 g/mol. The van der Waals surface area contributed by atoms with E-state index in [2.05, 4.69) is 20.3 Å². The molecule has 6 nitrogen and oxygen atoms in total. The van der Waals surface area contributed by atoms with E-state index in [-0.39, 0.29) is 16.5 Å². The van der Waals surface area contributed by atoms with E-state index in [1.54, 1.807) is 24.4 Å². The Balaban J connectivity index is 1.70. The quantitative estimate of drug-likeness (QED) is 0.714. The highest BCUT2D eigenvalue weighted by Crippen LogP contribution is 2.15. The lowest BCUT2D eigenvalue weighted by Crippen LogP contribution is -2.14. The second-order valence-electron chi connectivity index (χ2n) is 5.35. The van der Waals surface area contributed by atoms with Crippen molar-refractivity contribution in [1.82, 2.24) is 15.0 Å². The van der Waals surface area contributed by atoms with Crippen LogP contribution in [0.15, 0.2) is 48.8 Å². The van der Waals surface area contributed by atoms with E-state index in [0.29, 0.717) is 17.8 Å². The van der Waals surface area contributed by atoms with Crippen LogP contribution in [0.3, 0.4) is 0 Å². The SMILES string of the molecule is N#Cc1cc(F)cc(Cc2ccc(NC(=O)c3ccnc(Cl)n3)nc2)c1. The number of halogens is 2. The lowest BCUT2D eigenvalue weighted by Gasteiger charge is -2.06. The molecular formula is C18H11ClFN5O. The van der Waals surface area contributed by atoms with Crippen LogP contribution < -0.4 is 5.32 Å². The molecule has 1 amide bonds. The molecule has 128 valence electrons. The Morgan fingerprint density at radius 1 is 1.19 bits per heavy atom. The number of benzene rings is 1.